The van der Waals surface area contributed by atoms with Crippen LogP contribution in [0, 0.1) is 13.8 Å². The van der Waals surface area contributed by atoms with Gasteiger partial charge in [0, 0.05) is 24.8 Å². The van der Waals surface area contributed by atoms with E-state index in [1.165, 1.54) is 0 Å². The Balaban J connectivity index is 1.60. The van der Waals surface area contributed by atoms with Crippen LogP contribution < -0.4 is 25.6 Å². The first-order valence-electron chi connectivity index (χ1n) is 8.94. The molecule has 2 atom stereocenters. The molecule has 3 N–H and O–H groups in total. The Hall–Kier alpha value is -2.58. The summed E-state index contributed by atoms with van der Waals surface area (Å²) in [6, 6.07) is 5.38. The van der Waals surface area contributed by atoms with Crippen molar-refractivity contribution in [3.05, 3.63) is 40.7 Å². The van der Waals surface area contributed by atoms with Gasteiger partial charge in [0.2, 0.25) is 5.91 Å². The van der Waals surface area contributed by atoms with Gasteiger partial charge in [0.15, 0.2) is 11.5 Å². The predicted molar refractivity (Wildman–Crippen MR) is 101 cm³/mol. The number of methoxy groups -OCH3 is 2. The Morgan fingerprint density at radius 3 is 2.63 bits per heavy atom. The summed E-state index contributed by atoms with van der Waals surface area (Å²) in [6.45, 7) is 4.46. The summed E-state index contributed by atoms with van der Waals surface area (Å²) in [6.07, 6.45) is 0.672. The summed E-state index contributed by atoms with van der Waals surface area (Å²) in [7, 11) is 5.12. The van der Waals surface area contributed by atoms with Gasteiger partial charge >= 0.3 is 0 Å². The molecule has 1 fully saturated rings. The number of benzene rings is 1. The van der Waals surface area contributed by atoms with Crippen LogP contribution in [-0.2, 0) is 18.4 Å². The zero-order chi connectivity index (χ0) is 19.6. The van der Waals surface area contributed by atoms with Crippen molar-refractivity contribution < 1.29 is 14.3 Å². The Morgan fingerprint density at radius 1 is 1.26 bits per heavy atom. The fourth-order valence-electron chi connectivity index (χ4n) is 3.51. The normalized spacial score (nSPS) is 19.1. The molecular weight excluding hydrogens is 346 g/mol. The summed E-state index contributed by atoms with van der Waals surface area (Å²) in [5.41, 5.74) is 10.5. The number of aromatic nitrogens is 2. The Morgan fingerprint density at radius 2 is 2.00 bits per heavy atom. The summed E-state index contributed by atoms with van der Waals surface area (Å²) < 4.78 is 12.4. The summed E-state index contributed by atoms with van der Waals surface area (Å²) >= 11 is 0. The van der Waals surface area contributed by atoms with E-state index in [0.29, 0.717) is 24.5 Å². The molecule has 3 rings (SSSR count). The number of amides is 1. The van der Waals surface area contributed by atoms with E-state index in [2.05, 4.69) is 21.3 Å². The van der Waals surface area contributed by atoms with Gasteiger partial charge in [0.25, 0.3) is 0 Å². The largest absolute Gasteiger partial charge is 0.493 e. The van der Waals surface area contributed by atoms with Crippen LogP contribution in [0.2, 0.25) is 0 Å². The maximum atomic E-state index is 12.6. The molecule has 1 aliphatic rings. The molecule has 27 heavy (non-hydrogen) atoms. The average Bonchev–Trinajstić information content (AvgIpc) is 3.24. The van der Waals surface area contributed by atoms with Gasteiger partial charge < -0.3 is 14.8 Å². The maximum absolute atomic E-state index is 12.6. The molecule has 0 saturated carbocycles. The first kappa shape index (κ1) is 19.2. The van der Waals surface area contributed by atoms with Crippen molar-refractivity contribution in [2.75, 3.05) is 14.2 Å². The molecule has 1 amide bonds. The molecule has 8 heteroatoms. The molecule has 146 valence electrons. The van der Waals surface area contributed by atoms with E-state index < -0.39 is 0 Å². The highest BCUT2D eigenvalue weighted by molar-refractivity contribution is 5.82. The van der Waals surface area contributed by atoms with Crippen LogP contribution in [0.25, 0.3) is 0 Å². The van der Waals surface area contributed by atoms with Crippen molar-refractivity contribution >= 4 is 5.91 Å². The fraction of sp³-hybridized carbons (Fsp3) is 0.474. The molecule has 0 radical (unpaired) electrons. The van der Waals surface area contributed by atoms with Crippen LogP contribution in [0.1, 0.15) is 35.0 Å². The topological polar surface area (TPSA) is 89.4 Å². The van der Waals surface area contributed by atoms with Gasteiger partial charge in [0.05, 0.1) is 26.0 Å². The molecule has 1 aromatic carbocycles. The van der Waals surface area contributed by atoms with Crippen LogP contribution in [-0.4, -0.2) is 35.9 Å². The number of rotatable bonds is 6. The first-order chi connectivity index (χ1) is 12.9. The lowest BCUT2D eigenvalue weighted by molar-refractivity contribution is -0.123. The number of hydrazine groups is 1. The number of carbonyl (C=O) groups excluding carboxylic acids is 1. The lowest BCUT2D eigenvalue weighted by Gasteiger charge is -2.13. The zero-order valence-electron chi connectivity index (χ0n) is 16.4. The Bertz CT molecular complexity index is 833. The SMILES string of the molecule is COc1ccc(CNC(=O)C2CC(c3c(C)nn(C)c3C)NN2)cc1OC. The average molecular weight is 373 g/mol. The molecular formula is C19H27N5O3. The van der Waals surface area contributed by atoms with Crippen molar-refractivity contribution in [3.8, 4) is 11.5 Å². The van der Waals surface area contributed by atoms with E-state index in [-0.39, 0.29) is 18.0 Å². The second kappa shape index (κ2) is 7.98. The summed E-state index contributed by atoms with van der Waals surface area (Å²) in [5, 5.41) is 7.44. The molecule has 8 nitrogen and oxygen atoms in total. The smallest absolute Gasteiger partial charge is 0.238 e. The molecule has 1 aromatic heterocycles. The highest BCUT2D eigenvalue weighted by Crippen LogP contribution is 2.28. The molecule has 0 aliphatic carbocycles. The Labute approximate surface area is 159 Å². The third-order valence-corrected chi connectivity index (χ3v) is 5.05. The number of ether oxygens (including phenoxy) is 2. The minimum Gasteiger partial charge on any atom is -0.493 e. The lowest BCUT2D eigenvalue weighted by atomic mass is 10.00. The van der Waals surface area contributed by atoms with Crippen molar-refractivity contribution in [1.82, 2.24) is 25.9 Å². The van der Waals surface area contributed by atoms with Gasteiger partial charge in [0.1, 0.15) is 6.04 Å². The number of hydrogen-bond donors (Lipinski definition) is 3. The van der Waals surface area contributed by atoms with Gasteiger partial charge in [-0.3, -0.25) is 9.48 Å². The molecule has 2 heterocycles. The van der Waals surface area contributed by atoms with Gasteiger partial charge in [-0.2, -0.15) is 5.10 Å². The van der Waals surface area contributed by atoms with Crippen molar-refractivity contribution in [1.29, 1.82) is 0 Å². The van der Waals surface area contributed by atoms with Crippen LogP contribution in [0.15, 0.2) is 18.2 Å². The monoisotopic (exact) mass is 373 g/mol. The first-order valence-corrected chi connectivity index (χ1v) is 8.94. The standard InChI is InChI=1S/C19H27N5O3/c1-11-18(12(2)24(3)23-11)14-9-15(22-21-14)19(25)20-10-13-6-7-16(26-4)17(8-13)27-5/h6-8,14-15,21-22H,9-10H2,1-5H3,(H,20,25). The van der Waals surface area contributed by atoms with Crippen LogP contribution in [0.4, 0.5) is 0 Å². The number of aryl methyl sites for hydroxylation is 2. The molecule has 1 saturated heterocycles. The van der Waals surface area contributed by atoms with Gasteiger partial charge in [-0.05, 0) is 38.0 Å². The number of carbonyl (C=O) groups is 1. The molecule has 1 aliphatic heterocycles. The van der Waals surface area contributed by atoms with E-state index in [4.69, 9.17) is 9.47 Å². The van der Waals surface area contributed by atoms with Crippen molar-refractivity contribution in [2.45, 2.75) is 38.9 Å². The molecule has 2 aromatic rings. The molecule has 2 unspecified atom stereocenters. The molecule has 0 spiro atoms. The van der Waals surface area contributed by atoms with Gasteiger partial charge in [-0.25, -0.2) is 10.9 Å². The van der Waals surface area contributed by atoms with Crippen molar-refractivity contribution in [2.24, 2.45) is 7.05 Å². The third-order valence-electron chi connectivity index (χ3n) is 5.05. The van der Waals surface area contributed by atoms with Crippen LogP contribution in [0.3, 0.4) is 0 Å². The van der Waals surface area contributed by atoms with E-state index in [1.807, 2.05) is 43.8 Å². The highest BCUT2D eigenvalue weighted by atomic mass is 16.5. The number of nitrogens with one attached hydrogen (secondary N) is 3. The minimum absolute atomic E-state index is 0.0426. The number of hydrogen-bond acceptors (Lipinski definition) is 6. The van der Waals surface area contributed by atoms with E-state index in [0.717, 1.165) is 22.5 Å². The Kier molecular flexibility index (Phi) is 5.67. The van der Waals surface area contributed by atoms with Crippen LogP contribution in [0.5, 0.6) is 11.5 Å². The van der Waals surface area contributed by atoms with Crippen molar-refractivity contribution in [3.63, 3.8) is 0 Å². The summed E-state index contributed by atoms with van der Waals surface area (Å²) in [5.74, 6) is 1.27. The maximum Gasteiger partial charge on any atom is 0.238 e. The quantitative estimate of drug-likeness (QED) is 0.707. The number of nitrogens with zero attached hydrogens (tertiary/aromatic N) is 2. The summed E-state index contributed by atoms with van der Waals surface area (Å²) in [4.78, 5) is 12.6. The minimum atomic E-state index is -0.297. The van der Waals surface area contributed by atoms with Gasteiger partial charge in [-0.1, -0.05) is 6.07 Å². The molecule has 0 bridgehead atoms. The highest BCUT2D eigenvalue weighted by Gasteiger charge is 2.32. The predicted octanol–water partition coefficient (Wildman–Crippen LogP) is 1.28. The zero-order valence-corrected chi connectivity index (χ0v) is 16.4. The van der Waals surface area contributed by atoms with Crippen LogP contribution >= 0.6 is 0 Å². The van der Waals surface area contributed by atoms with E-state index >= 15 is 0 Å². The second-order valence-corrected chi connectivity index (χ2v) is 6.74. The van der Waals surface area contributed by atoms with E-state index in [1.54, 1.807) is 14.2 Å². The third kappa shape index (κ3) is 3.91. The van der Waals surface area contributed by atoms with Gasteiger partial charge in [-0.15, -0.1) is 0 Å². The fourth-order valence-corrected chi connectivity index (χ4v) is 3.51. The lowest BCUT2D eigenvalue weighted by Crippen LogP contribution is -2.42. The second-order valence-electron chi connectivity index (χ2n) is 6.74. The van der Waals surface area contributed by atoms with E-state index in [9.17, 15) is 4.79 Å².